The van der Waals surface area contributed by atoms with E-state index in [1.165, 1.54) is 0 Å². The first-order valence-corrected chi connectivity index (χ1v) is 5.95. The number of nitrogens with zero attached hydrogens (tertiary/aromatic N) is 1. The van der Waals surface area contributed by atoms with E-state index in [2.05, 4.69) is 0 Å². The number of nitrogens with two attached hydrogens (primary N) is 2. The summed E-state index contributed by atoms with van der Waals surface area (Å²) in [5.74, 6) is -1.79. The van der Waals surface area contributed by atoms with Crippen molar-refractivity contribution >= 4 is 21.8 Å². The zero-order chi connectivity index (χ0) is 12.1. The van der Waals surface area contributed by atoms with Gasteiger partial charge in [0, 0.05) is 0 Å². The molecule has 0 radical (unpaired) electrons. The van der Waals surface area contributed by atoms with Gasteiger partial charge in [0.25, 0.3) is 0 Å². The Hall–Kier alpha value is -1.15. The lowest BCUT2D eigenvalue weighted by Crippen LogP contribution is -2.44. The molecule has 0 aliphatic heterocycles. The Bertz CT molecular complexity index is 322. The molecule has 0 aliphatic carbocycles. The summed E-state index contributed by atoms with van der Waals surface area (Å²) in [5, 5.41) is 0. The lowest BCUT2D eigenvalue weighted by atomic mass is 10.5. The standard InChI is InChI=1S/C7H15N3O4S/c1-2-3-15(13,14)10(4-6(8)11)5-7(9)12/h2-5H2,1H3,(H2,8,11)(H2,9,12). The predicted molar refractivity (Wildman–Crippen MR) is 54.0 cm³/mol. The van der Waals surface area contributed by atoms with Gasteiger partial charge in [-0.1, -0.05) is 6.92 Å². The fourth-order valence-corrected chi connectivity index (χ4v) is 2.41. The van der Waals surface area contributed by atoms with Crippen molar-refractivity contribution in [1.29, 1.82) is 0 Å². The molecule has 0 atom stereocenters. The largest absolute Gasteiger partial charge is 0.369 e. The van der Waals surface area contributed by atoms with Crippen LogP contribution in [-0.4, -0.2) is 43.4 Å². The van der Waals surface area contributed by atoms with E-state index in [1.54, 1.807) is 6.92 Å². The fraction of sp³-hybridized carbons (Fsp3) is 0.714. The van der Waals surface area contributed by atoms with Crippen molar-refractivity contribution in [3.05, 3.63) is 0 Å². The first kappa shape index (κ1) is 13.8. The van der Waals surface area contributed by atoms with Gasteiger partial charge in [-0.15, -0.1) is 0 Å². The highest BCUT2D eigenvalue weighted by Gasteiger charge is 2.24. The Morgan fingerprint density at radius 3 is 1.80 bits per heavy atom. The minimum absolute atomic E-state index is 0.145. The van der Waals surface area contributed by atoms with E-state index in [0.29, 0.717) is 10.7 Å². The van der Waals surface area contributed by atoms with E-state index < -0.39 is 34.9 Å². The number of carbonyl (C=O) groups is 2. The molecular weight excluding hydrogens is 222 g/mol. The van der Waals surface area contributed by atoms with Crippen LogP contribution >= 0.6 is 0 Å². The predicted octanol–water partition coefficient (Wildman–Crippen LogP) is -2.00. The second-order valence-corrected chi connectivity index (χ2v) is 5.11. The summed E-state index contributed by atoms with van der Waals surface area (Å²) in [7, 11) is -3.63. The molecule has 8 heteroatoms. The van der Waals surface area contributed by atoms with Gasteiger partial charge in [-0.25, -0.2) is 8.42 Å². The van der Waals surface area contributed by atoms with Crippen molar-refractivity contribution < 1.29 is 18.0 Å². The Balaban J connectivity index is 4.76. The summed E-state index contributed by atoms with van der Waals surface area (Å²) in [4.78, 5) is 21.2. The molecule has 0 bridgehead atoms. The average molecular weight is 237 g/mol. The topological polar surface area (TPSA) is 124 Å². The van der Waals surface area contributed by atoms with Crippen LogP contribution in [0.1, 0.15) is 13.3 Å². The van der Waals surface area contributed by atoms with Crippen molar-refractivity contribution in [2.75, 3.05) is 18.8 Å². The van der Waals surface area contributed by atoms with Crippen LogP contribution < -0.4 is 11.5 Å². The normalized spacial score (nSPS) is 11.6. The van der Waals surface area contributed by atoms with E-state index in [0.717, 1.165) is 0 Å². The third-order valence-corrected chi connectivity index (χ3v) is 3.49. The molecule has 0 rings (SSSR count). The first-order chi connectivity index (χ1) is 6.79. The molecule has 0 aromatic heterocycles. The minimum Gasteiger partial charge on any atom is -0.369 e. The number of primary amides is 2. The lowest BCUT2D eigenvalue weighted by Gasteiger charge is -2.18. The number of sulfonamides is 1. The van der Waals surface area contributed by atoms with E-state index in [9.17, 15) is 18.0 Å². The minimum atomic E-state index is -3.63. The fourth-order valence-electron chi connectivity index (χ4n) is 0.987. The second-order valence-electron chi connectivity index (χ2n) is 3.02. The molecule has 0 unspecified atom stereocenters. The van der Waals surface area contributed by atoms with Crippen LogP contribution in [0.25, 0.3) is 0 Å². The highest BCUT2D eigenvalue weighted by Crippen LogP contribution is 2.02. The molecule has 0 saturated carbocycles. The molecule has 0 saturated heterocycles. The third-order valence-electron chi connectivity index (χ3n) is 1.52. The highest BCUT2D eigenvalue weighted by molar-refractivity contribution is 7.89. The SMILES string of the molecule is CCCS(=O)(=O)N(CC(N)=O)CC(N)=O. The van der Waals surface area contributed by atoms with Crippen LogP contribution in [0.2, 0.25) is 0 Å². The molecule has 0 heterocycles. The van der Waals surface area contributed by atoms with Gasteiger partial charge in [-0.2, -0.15) is 4.31 Å². The Labute approximate surface area is 88.5 Å². The summed E-state index contributed by atoms with van der Waals surface area (Å²) < 4.78 is 23.7. The third kappa shape index (κ3) is 5.33. The molecule has 0 aromatic carbocycles. The van der Waals surface area contributed by atoms with Gasteiger partial charge in [0.2, 0.25) is 21.8 Å². The summed E-state index contributed by atoms with van der Waals surface area (Å²) >= 11 is 0. The van der Waals surface area contributed by atoms with E-state index in [-0.39, 0.29) is 5.75 Å². The maximum absolute atomic E-state index is 11.5. The monoisotopic (exact) mass is 237 g/mol. The van der Waals surface area contributed by atoms with Gasteiger partial charge in [-0.05, 0) is 6.42 Å². The molecule has 2 amide bonds. The lowest BCUT2D eigenvalue weighted by molar-refractivity contribution is -0.120. The van der Waals surface area contributed by atoms with Crippen LogP contribution in [0.5, 0.6) is 0 Å². The molecule has 0 aliphatic rings. The van der Waals surface area contributed by atoms with Gasteiger partial charge in [0.05, 0.1) is 18.8 Å². The van der Waals surface area contributed by atoms with Crippen LogP contribution in [0.15, 0.2) is 0 Å². The van der Waals surface area contributed by atoms with Crippen molar-refractivity contribution in [2.45, 2.75) is 13.3 Å². The molecule has 15 heavy (non-hydrogen) atoms. The number of hydrogen-bond donors (Lipinski definition) is 2. The molecule has 0 spiro atoms. The average Bonchev–Trinajstić information content (AvgIpc) is 2.00. The Morgan fingerprint density at radius 2 is 1.53 bits per heavy atom. The number of amides is 2. The molecule has 0 aromatic rings. The van der Waals surface area contributed by atoms with Crippen molar-refractivity contribution in [1.82, 2.24) is 4.31 Å². The second kappa shape index (κ2) is 5.66. The van der Waals surface area contributed by atoms with Crippen LogP contribution in [0.4, 0.5) is 0 Å². The summed E-state index contributed by atoms with van der Waals surface area (Å²) in [5.41, 5.74) is 9.73. The molecular formula is C7H15N3O4S. The first-order valence-electron chi connectivity index (χ1n) is 4.34. The molecule has 4 N–H and O–H groups in total. The van der Waals surface area contributed by atoms with Gasteiger partial charge in [0.1, 0.15) is 0 Å². The van der Waals surface area contributed by atoms with Gasteiger partial charge in [-0.3, -0.25) is 9.59 Å². The quantitative estimate of drug-likeness (QED) is 0.531. The summed E-state index contributed by atoms with van der Waals surface area (Å²) in [6, 6.07) is 0. The van der Waals surface area contributed by atoms with Crippen molar-refractivity contribution in [3.63, 3.8) is 0 Å². The highest BCUT2D eigenvalue weighted by atomic mass is 32.2. The van der Waals surface area contributed by atoms with Crippen molar-refractivity contribution in [2.24, 2.45) is 11.5 Å². The number of hydrogen-bond acceptors (Lipinski definition) is 4. The van der Waals surface area contributed by atoms with Crippen LogP contribution in [-0.2, 0) is 19.6 Å². The van der Waals surface area contributed by atoms with Gasteiger partial charge < -0.3 is 11.5 Å². The van der Waals surface area contributed by atoms with Crippen LogP contribution in [0, 0.1) is 0 Å². The maximum atomic E-state index is 11.5. The van der Waals surface area contributed by atoms with Gasteiger partial charge in [0.15, 0.2) is 0 Å². The van der Waals surface area contributed by atoms with Crippen LogP contribution in [0.3, 0.4) is 0 Å². The maximum Gasteiger partial charge on any atom is 0.232 e. The van der Waals surface area contributed by atoms with E-state index in [1.807, 2.05) is 0 Å². The molecule has 0 fully saturated rings. The van der Waals surface area contributed by atoms with Crippen molar-refractivity contribution in [3.8, 4) is 0 Å². The smallest absolute Gasteiger partial charge is 0.232 e. The Morgan fingerprint density at radius 1 is 1.13 bits per heavy atom. The van der Waals surface area contributed by atoms with E-state index >= 15 is 0 Å². The molecule has 7 nitrogen and oxygen atoms in total. The summed E-state index contributed by atoms with van der Waals surface area (Å²) in [6.07, 6.45) is 0.385. The zero-order valence-electron chi connectivity index (χ0n) is 8.47. The van der Waals surface area contributed by atoms with E-state index in [4.69, 9.17) is 11.5 Å². The Kier molecular flexibility index (Phi) is 5.23. The number of rotatable bonds is 7. The summed E-state index contributed by atoms with van der Waals surface area (Å²) in [6.45, 7) is 0.626. The molecule has 88 valence electrons. The van der Waals surface area contributed by atoms with Gasteiger partial charge >= 0.3 is 0 Å². The number of carbonyl (C=O) groups excluding carboxylic acids is 2. The zero-order valence-corrected chi connectivity index (χ0v) is 9.29.